The van der Waals surface area contributed by atoms with Gasteiger partial charge in [-0.25, -0.2) is 29.6 Å². The maximum Gasteiger partial charge on any atom is 0.260 e. The normalized spacial score (nSPS) is 18.8. The molecule has 0 saturated carbocycles. The lowest BCUT2D eigenvalue weighted by Gasteiger charge is -2.17. The number of aromatic nitrogens is 8. The van der Waals surface area contributed by atoms with Crippen molar-refractivity contribution in [2.75, 3.05) is 18.9 Å². The maximum absolute atomic E-state index is 12.4. The number of amides is 1. The van der Waals surface area contributed by atoms with Crippen LogP contribution < -0.4 is 5.32 Å². The molecule has 1 saturated heterocycles. The Balaban J connectivity index is 1.39. The minimum Gasteiger partial charge on any atom is -0.374 e. The summed E-state index contributed by atoms with van der Waals surface area (Å²) < 4.78 is 1.43. The maximum atomic E-state index is 12.4. The summed E-state index contributed by atoms with van der Waals surface area (Å²) >= 11 is 0. The molecule has 4 aromatic rings. The van der Waals surface area contributed by atoms with Crippen molar-refractivity contribution in [3.63, 3.8) is 0 Å². The van der Waals surface area contributed by atoms with E-state index >= 15 is 0 Å². The third-order valence-electron chi connectivity index (χ3n) is 5.63. The number of carbonyl (C=O) groups is 1. The van der Waals surface area contributed by atoms with Gasteiger partial charge in [0.05, 0.1) is 23.6 Å². The number of nitrogens with one attached hydrogen (secondary N) is 1. The fourth-order valence-electron chi connectivity index (χ4n) is 3.71. The van der Waals surface area contributed by atoms with Gasteiger partial charge in [-0.1, -0.05) is 11.3 Å². The zero-order chi connectivity index (χ0) is 23.7. The molecule has 5 heterocycles. The summed E-state index contributed by atoms with van der Waals surface area (Å²) in [7, 11) is 1.65. The van der Waals surface area contributed by atoms with Crippen molar-refractivity contribution in [1.29, 1.82) is 0 Å². The molecule has 0 bridgehead atoms. The van der Waals surface area contributed by atoms with Crippen molar-refractivity contribution in [2.45, 2.75) is 25.0 Å². The monoisotopic (exact) mass is 458 g/mol. The second-order valence-corrected chi connectivity index (χ2v) is 8.00. The molecule has 2 N–H and O–H groups in total. The second-order valence-electron chi connectivity index (χ2n) is 8.00. The molecule has 0 spiro atoms. The van der Waals surface area contributed by atoms with E-state index in [9.17, 15) is 9.90 Å². The lowest BCUT2D eigenvalue weighted by Crippen LogP contribution is -2.36. The molecular formula is C22H22N10O2. The molecule has 4 aromatic heterocycles. The highest BCUT2D eigenvalue weighted by Gasteiger charge is 2.47. The number of pyridine rings is 1. The van der Waals surface area contributed by atoms with E-state index in [1.54, 1.807) is 43.8 Å². The third kappa shape index (κ3) is 3.94. The van der Waals surface area contributed by atoms with Gasteiger partial charge in [-0.15, -0.1) is 5.10 Å². The van der Waals surface area contributed by atoms with Gasteiger partial charge in [-0.05, 0) is 31.2 Å². The molecule has 0 aromatic carbocycles. The fraction of sp³-hybridized carbons (Fsp3) is 0.273. The standard InChI is InChI=1S/C22H22N10O2/c1-14(19-23-9-4-10-24-19)26-21-25-11-7-16(28-21)15-5-3-6-18(27-15)32-13-17(29-30-32)22(34)8-12-31(2)20(22)33/h3-7,9-11,13-14,34H,8,12H2,1-2H3,(H,25,26,28)/t14-,22+/m0/s1. The minimum absolute atomic E-state index is 0.188. The molecular weight excluding hydrogens is 436 g/mol. The zero-order valence-electron chi connectivity index (χ0n) is 18.6. The smallest absolute Gasteiger partial charge is 0.260 e. The third-order valence-corrected chi connectivity index (χ3v) is 5.63. The highest BCUT2D eigenvalue weighted by atomic mass is 16.3. The Labute approximate surface area is 194 Å². The van der Waals surface area contributed by atoms with Gasteiger partial charge in [0.25, 0.3) is 5.91 Å². The lowest BCUT2D eigenvalue weighted by atomic mass is 9.99. The molecule has 1 aliphatic rings. The molecule has 12 heteroatoms. The summed E-state index contributed by atoms with van der Waals surface area (Å²) in [5.41, 5.74) is -0.275. The second kappa shape index (κ2) is 8.56. The van der Waals surface area contributed by atoms with Gasteiger partial charge in [0.1, 0.15) is 11.5 Å². The van der Waals surface area contributed by atoms with Crippen molar-refractivity contribution in [3.8, 4) is 17.2 Å². The summed E-state index contributed by atoms with van der Waals surface area (Å²) in [6.45, 7) is 2.38. The van der Waals surface area contributed by atoms with E-state index in [2.05, 4.69) is 40.5 Å². The lowest BCUT2D eigenvalue weighted by molar-refractivity contribution is -0.143. The van der Waals surface area contributed by atoms with Gasteiger partial charge >= 0.3 is 0 Å². The van der Waals surface area contributed by atoms with E-state index < -0.39 is 11.5 Å². The number of anilines is 1. The number of rotatable bonds is 6. The van der Waals surface area contributed by atoms with E-state index in [0.717, 1.165) is 0 Å². The van der Waals surface area contributed by atoms with Crippen LogP contribution in [-0.2, 0) is 10.4 Å². The van der Waals surface area contributed by atoms with Gasteiger partial charge in [0, 0.05) is 38.6 Å². The predicted octanol–water partition coefficient (Wildman–Crippen LogP) is 1.13. The van der Waals surface area contributed by atoms with Crippen LogP contribution in [0.25, 0.3) is 17.2 Å². The number of hydrogen-bond acceptors (Lipinski definition) is 10. The Morgan fingerprint density at radius 2 is 1.85 bits per heavy atom. The van der Waals surface area contributed by atoms with Gasteiger partial charge in [0.15, 0.2) is 11.4 Å². The van der Waals surface area contributed by atoms with E-state index in [1.165, 1.54) is 15.8 Å². The van der Waals surface area contributed by atoms with Crippen LogP contribution in [0.2, 0.25) is 0 Å². The summed E-state index contributed by atoms with van der Waals surface area (Å²) in [5.74, 6) is 1.13. The first-order chi connectivity index (χ1) is 16.4. The van der Waals surface area contributed by atoms with E-state index in [-0.39, 0.29) is 18.2 Å². The van der Waals surface area contributed by atoms with Crippen molar-refractivity contribution < 1.29 is 9.90 Å². The fourth-order valence-corrected chi connectivity index (χ4v) is 3.71. The van der Waals surface area contributed by atoms with Crippen LogP contribution in [0.4, 0.5) is 5.95 Å². The largest absolute Gasteiger partial charge is 0.374 e. The number of likely N-dealkylation sites (N-methyl/N-ethyl adjacent to an activating group) is 1. The quantitative estimate of drug-likeness (QED) is 0.431. The van der Waals surface area contributed by atoms with Crippen LogP contribution >= 0.6 is 0 Å². The molecule has 34 heavy (non-hydrogen) atoms. The van der Waals surface area contributed by atoms with Gasteiger partial charge in [0.2, 0.25) is 5.95 Å². The molecule has 1 fully saturated rings. The molecule has 0 radical (unpaired) electrons. The number of aliphatic hydroxyl groups is 1. The molecule has 172 valence electrons. The Kier molecular flexibility index (Phi) is 5.42. The molecule has 0 unspecified atom stereocenters. The SMILES string of the molecule is C[C@H](Nc1nccc(-c2cccc(-n3cc([C@]4(O)CCN(C)C4=O)nn3)n2)n1)c1ncccn1. The van der Waals surface area contributed by atoms with Crippen LogP contribution in [0.5, 0.6) is 0 Å². The molecule has 12 nitrogen and oxygen atoms in total. The molecule has 0 aliphatic carbocycles. The number of likely N-dealkylation sites (tertiary alicyclic amines) is 1. The minimum atomic E-state index is -1.67. The van der Waals surface area contributed by atoms with Crippen LogP contribution in [0, 0.1) is 0 Å². The topological polar surface area (TPSA) is 148 Å². The first kappa shape index (κ1) is 21.5. The van der Waals surface area contributed by atoms with Crippen LogP contribution in [-0.4, -0.2) is 69.4 Å². The molecule has 2 atom stereocenters. The summed E-state index contributed by atoms with van der Waals surface area (Å²) in [6.07, 6.45) is 6.79. The van der Waals surface area contributed by atoms with Gasteiger partial charge in [-0.3, -0.25) is 4.79 Å². The first-order valence-corrected chi connectivity index (χ1v) is 10.7. The van der Waals surface area contributed by atoms with Crippen LogP contribution in [0.15, 0.2) is 55.1 Å². The van der Waals surface area contributed by atoms with Crippen molar-refractivity contribution in [1.82, 2.24) is 44.8 Å². The summed E-state index contributed by atoms with van der Waals surface area (Å²) in [5, 5.41) is 22.1. The predicted molar refractivity (Wildman–Crippen MR) is 120 cm³/mol. The average molecular weight is 458 g/mol. The number of nitrogens with zero attached hydrogens (tertiary/aromatic N) is 9. The van der Waals surface area contributed by atoms with Crippen LogP contribution in [0.3, 0.4) is 0 Å². The summed E-state index contributed by atoms with van der Waals surface area (Å²) in [4.78, 5) is 35.8. The van der Waals surface area contributed by atoms with E-state index in [1.807, 2.05) is 19.1 Å². The molecule has 5 rings (SSSR count). The Hall–Kier alpha value is -4.32. The van der Waals surface area contributed by atoms with Gasteiger partial charge < -0.3 is 15.3 Å². The van der Waals surface area contributed by atoms with E-state index in [4.69, 9.17) is 0 Å². The number of hydrogen-bond donors (Lipinski definition) is 2. The van der Waals surface area contributed by atoms with Crippen LogP contribution in [0.1, 0.15) is 30.9 Å². The highest BCUT2D eigenvalue weighted by Crippen LogP contribution is 2.31. The van der Waals surface area contributed by atoms with Crippen molar-refractivity contribution >= 4 is 11.9 Å². The van der Waals surface area contributed by atoms with Gasteiger partial charge in [-0.2, -0.15) is 0 Å². The van der Waals surface area contributed by atoms with E-state index in [0.29, 0.717) is 35.5 Å². The Morgan fingerprint density at radius 3 is 2.62 bits per heavy atom. The molecule has 1 aliphatic heterocycles. The Bertz CT molecular complexity index is 1330. The molecule has 1 amide bonds. The zero-order valence-corrected chi connectivity index (χ0v) is 18.6. The van der Waals surface area contributed by atoms with Crippen molar-refractivity contribution in [2.24, 2.45) is 0 Å². The van der Waals surface area contributed by atoms with Crippen molar-refractivity contribution in [3.05, 3.63) is 66.6 Å². The Morgan fingerprint density at radius 1 is 1.06 bits per heavy atom. The first-order valence-electron chi connectivity index (χ1n) is 10.7. The average Bonchev–Trinajstić information content (AvgIpc) is 3.47. The highest BCUT2D eigenvalue weighted by molar-refractivity contribution is 5.87. The summed E-state index contributed by atoms with van der Waals surface area (Å²) in [6, 6.07) is 8.72. The number of carbonyl (C=O) groups excluding carboxylic acids is 1.